The van der Waals surface area contributed by atoms with Crippen LogP contribution < -0.4 is 10.6 Å². The Hall–Kier alpha value is -4.34. The summed E-state index contributed by atoms with van der Waals surface area (Å²) in [4.78, 5) is 15.6. The number of nitrogens with zero attached hydrogens (tertiary/aromatic N) is 6. The fourth-order valence-electron chi connectivity index (χ4n) is 5.82. The summed E-state index contributed by atoms with van der Waals surface area (Å²) in [5, 5.41) is 24.7. The van der Waals surface area contributed by atoms with Crippen LogP contribution in [0.1, 0.15) is 24.8 Å². The van der Waals surface area contributed by atoms with E-state index in [9.17, 15) is 18.8 Å². The van der Waals surface area contributed by atoms with Crippen LogP contribution in [0.25, 0.3) is 16.9 Å². The SMILES string of the molecule is COCCC1C[C@@H](NC(=O)Nc2c(C)c(-c3cnn(C)c3)nn2-c2ccccc2)[C@H](C2=CCC(F)C(F)=C2)N1CC#N. The van der Waals surface area contributed by atoms with Gasteiger partial charge in [-0.15, -0.1) is 0 Å². The van der Waals surface area contributed by atoms with E-state index >= 15 is 0 Å². The van der Waals surface area contributed by atoms with Gasteiger partial charge in [-0.05, 0) is 43.5 Å². The molecule has 1 aromatic carbocycles. The minimum Gasteiger partial charge on any atom is -0.385 e. The molecule has 1 fully saturated rings. The number of hydrogen-bond acceptors (Lipinski definition) is 6. The fourth-order valence-corrected chi connectivity index (χ4v) is 5.82. The van der Waals surface area contributed by atoms with Crippen molar-refractivity contribution < 1.29 is 18.3 Å². The van der Waals surface area contributed by atoms with E-state index in [0.717, 1.165) is 16.8 Å². The van der Waals surface area contributed by atoms with Crippen LogP contribution in [0, 0.1) is 18.3 Å². The number of likely N-dealkylation sites (tertiary alicyclic amines) is 1. The lowest BCUT2D eigenvalue weighted by Gasteiger charge is -2.32. The number of allylic oxidation sites excluding steroid dienone is 2. The first kappa shape index (κ1) is 29.2. The smallest absolute Gasteiger partial charge is 0.320 e. The lowest BCUT2D eigenvalue weighted by molar-refractivity contribution is 0.149. The van der Waals surface area contributed by atoms with Crippen molar-refractivity contribution in [1.82, 2.24) is 29.8 Å². The van der Waals surface area contributed by atoms with Crippen molar-refractivity contribution in [2.75, 3.05) is 25.6 Å². The maximum Gasteiger partial charge on any atom is 0.320 e. The van der Waals surface area contributed by atoms with E-state index in [1.807, 2.05) is 55.4 Å². The van der Waals surface area contributed by atoms with Gasteiger partial charge in [0.1, 0.15) is 17.3 Å². The molecule has 2 N–H and O–H groups in total. The predicted octanol–water partition coefficient (Wildman–Crippen LogP) is 4.60. The van der Waals surface area contributed by atoms with Crippen molar-refractivity contribution >= 4 is 11.8 Å². The van der Waals surface area contributed by atoms with Crippen LogP contribution in [-0.2, 0) is 11.8 Å². The zero-order chi connectivity index (χ0) is 29.8. The summed E-state index contributed by atoms with van der Waals surface area (Å²) in [6, 6.07) is 10.1. The second kappa shape index (κ2) is 12.7. The fraction of sp³-hybridized carbons (Fsp3) is 0.400. The highest BCUT2D eigenvalue weighted by Gasteiger charge is 2.43. The number of carbonyl (C=O) groups is 1. The maximum absolute atomic E-state index is 14.4. The maximum atomic E-state index is 14.4. The Morgan fingerprint density at radius 1 is 1.29 bits per heavy atom. The highest BCUT2D eigenvalue weighted by molar-refractivity contribution is 5.91. The van der Waals surface area contributed by atoms with Crippen LogP contribution >= 0.6 is 0 Å². The number of aromatic nitrogens is 4. The number of amides is 2. The first-order valence-electron chi connectivity index (χ1n) is 13.8. The average Bonchev–Trinajstić information content (AvgIpc) is 3.65. The summed E-state index contributed by atoms with van der Waals surface area (Å²) >= 11 is 0. The summed E-state index contributed by atoms with van der Waals surface area (Å²) in [5.74, 6) is -0.363. The largest absolute Gasteiger partial charge is 0.385 e. The molecule has 0 radical (unpaired) electrons. The zero-order valence-electron chi connectivity index (χ0n) is 23.8. The Labute approximate surface area is 243 Å². The number of nitriles is 1. The molecule has 220 valence electrons. The summed E-state index contributed by atoms with van der Waals surface area (Å²) in [6.45, 7) is 2.41. The number of nitrogens with one attached hydrogen (secondary N) is 2. The summed E-state index contributed by atoms with van der Waals surface area (Å²) in [5.41, 5.74) is 3.54. The van der Waals surface area contributed by atoms with Gasteiger partial charge >= 0.3 is 6.03 Å². The Morgan fingerprint density at radius 3 is 2.74 bits per heavy atom. The van der Waals surface area contributed by atoms with E-state index in [1.54, 1.807) is 28.7 Å². The molecule has 5 rings (SSSR count). The van der Waals surface area contributed by atoms with E-state index in [0.29, 0.717) is 36.5 Å². The highest BCUT2D eigenvalue weighted by atomic mass is 19.2. The number of benzene rings is 1. The van der Waals surface area contributed by atoms with Crippen LogP contribution in [0.3, 0.4) is 0 Å². The Kier molecular flexibility index (Phi) is 8.80. The number of ether oxygens (including phenoxy) is 1. The van der Waals surface area contributed by atoms with Gasteiger partial charge in [0.2, 0.25) is 0 Å². The molecule has 1 aliphatic heterocycles. The molecule has 3 aromatic rings. The molecule has 12 heteroatoms. The average molecular weight is 577 g/mol. The van der Waals surface area contributed by atoms with Gasteiger partial charge in [-0.1, -0.05) is 24.3 Å². The topological polar surface area (TPSA) is 113 Å². The van der Waals surface area contributed by atoms with E-state index in [4.69, 9.17) is 9.84 Å². The van der Waals surface area contributed by atoms with Gasteiger partial charge in [-0.2, -0.15) is 15.5 Å². The summed E-state index contributed by atoms with van der Waals surface area (Å²) in [7, 11) is 3.43. The molecule has 2 unspecified atom stereocenters. The molecule has 42 heavy (non-hydrogen) atoms. The van der Waals surface area contributed by atoms with Gasteiger partial charge in [0.15, 0.2) is 6.17 Å². The molecular formula is C30H34F2N8O2. The Morgan fingerprint density at radius 2 is 2.07 bits per heavy atom. The number of carbonyl (C=O) groups excluding carboxylic acids is 1. The van der Waals surface area contributed by atoms with Crippen molar-refractivity contribution in [2.45, 2.75) is 50.5 Å². The van der Waals surface area contributed by atoms with Crippen LogP contribution in [0.2, 0.25) is 0 Å². The van der Waals surface area contributed by atoms with Gasteiger partial charge in [0.05, 0.1) is 36.6 Å². The molecule has 0 bridgehead atoms. The van der Waals surface area contributed by atoms with E-state index < -0.39 is 30.1 Å². The molecule has 4 atom stereocenters. The second-order valence-electron chi connectivity index (χ2n) is 10.6. The lowest BCUT2D eigenvalue weighted by atomic mass is 9.94. The van der Waals surface area contributed by atoms with Gasteiger partial charge in [-0.25, -0.2) is 18.3 Å². The molecule has 1 aliphatic carbocycles. The molecular weight excluding hydrogens is 542 g/mol. The first-order chi connectivity index (χ1) is 20.3. The van der Waals surface area contributed by atoms with Gasteiger partial charge < -0.3 is 10.1 Å². The van der Waals surface area contributed by atoms with Crippen LogP contribution in [0.5, 0.6) is 0 Å². The van der Waals surface area contributed by atoms with Crippen molar-refractivity contribution in [3.05, 3.63) is 71.8 Å². The van der Waals surface area contributed by atoms with Crippen molar-refractivity contribution in [2.24, 2.45) is 7.05 Å². The normalized spacial score (nSPS) is 22.4. The number of aryl methyl sites for hydroxylation is 1. The molecule has 3 heterocycles. The molecule has 0 spiro atoms. The minimum absolute atomic E-state index is 0.0685. The monoisotopic (exact) mass is 576 g/mol. The number of rotatable bonds is 9. The standard InChI is InChI=1S/C30H34F2N8O2/c1-19-27(21-17-34-38(2)18-21)37-40(22-7-5-4-6-8-22)29(19)36-30(41)35-26-16-23(11-14-42-3)39(13-12-33)28(26)20-9-10-24(31)25(32)15-20/h4-9,15,17-18,23-24,26,28H,10-11,13-14,16H2,1-3H3,(H2,35,36,41)/t23?,24?,26-,28+/m1/s1. The van der Waals surface area contributed by atoms with Crippen molar-refractivity contribution in [3.8, 4) is 23.0 Å². The molecule has 2 amide bonds. The first-order valence-corrected chi connectivity index (χ1v) is 13.8. The highest BCUT2D eigenvalue weighted by Crippen LogP contribution is 2.36. The number of urea groups is 1. The lowest BCUT2D eigenvalue weighted by Crippen LogP contribution is -2.48. The van der Waals surface area contributed by atoms with Crippen LogP contribution in [-0.4, -0.2) is 75.1 Å². The van der Waals surface area contributed by atoms with Crippen molar-refractivity contribution in [3.63, 3.8) is 0 Å². The quantitative estimate of drug-likeness (QED) is 0.360. The number of alkyl halides is 1. The molecule has 1 saturated heterocycles. The van der Waals surface area contributed by atoms with E-state index in [1.165, 1.54) is 6.08 Å². The van der Waals surface area contributed by atoms with Crippen LogP contribution in [0.4, 0.5) is 19.4 Å². The zero-order valence-corrected chi connectivity index (χ0v) is 23.8. The second-order valence-corrected chi connectivity index (χ2v) is 10.6. The summed E-state index contributed by atoms with van der Waals surface area (Å²) < 4.78 is 37.0. The van der Waals surface area contributed by atoms with E-state index in [2.05, 4.69) is 21.8 Å². The third kappa shape index (κ3) is 5.98. The third-order valence-corrected chi connectivity index (χ3v) is 7.80. The molecule has 2 aliphatic rings. The Bertz CT molecular complexity index is 1520. The van der Waals surface area contributed by atoms with Gasteiger partial charge in [-0.3, -0.25) is 14.9 Å². The Balaban J connectivity index is 1.45. The molecule has 0 saturated carbocycles. The predicted molar refractivity (Wildman–Crippen MR) is 154 cm³/mol. The van der Waals surface area contributed by atoms with Gasteiger partial charge in [0.25, 0.3) is 0 Å². The number of halogens is 2. The number of anilines is 1. The third-order valence-electron chi connectivity index (χ3n) is 7.80. The molecule has 10 nitrogen and oxygen atoms in total. The van der Waals surface area contributed by atoms with E-state index in [-0.39, 0.29) is 19.0 Å². The van der Waals surface area contributed by atoms with Crippen molar-refractivity contribution in [1.29, 1.82) is 5.26 Å². The number of hydrogen-bond donors (Lipinski definition) is 2. The number of methoxy groups -OCH3 is 1. The minimum atomic E-state index is -1.69. The number of para-hydroxylation sites is 1. The van der Waals surface area contributed by atoms with Gasteiger partial charge in [0, 0.05) is 50.6 Å². The summed E-state index contributed by atoms with van der Waals surface area (Å²) in [6.07, 6.45) is 5.77. The molecule has 2 aromatic heterocycles. The van der Waals surface area contributed by atoms with Crippen LogP contribution in [0.15, 0.2) is 66.3 Å².